The van der Waals surface area contributed by atoms with Gasteiger partial charge in [0.25, 0.3) is 0 Å². The lowest BCUT2D eigenvalue weighted by Gasteiger charge is -2.03. The Morgan fingerprint density at radius 1 is 1.45 bits per heavy atom. The first-order valence-corrected chi connectivity index (χ1v) is 4.04. The fraction of sp³-hybridized carbons (Fsp3) is 0.750. The largest absolute Gasteiger partial charge is 0.370 e. The van der Waals surface area contributed by atoms with Gasteiger partial charge in [0.15, 0.2) is 0 Å². The molecule has 0 spiro atoms. The standard InChI is InChI=1S/C8H8O3/c1-2-8(5-3-9-5)7(11-8)6-4(1)10-6/h1-2,4-7H,3H2. The van der Waals surface area contributed by atoms with E-state index in [0.29, 0.717) is 24.4 Å². The van der Waals surface area contributed by atoms with Crippen LogP contribution in [0.2, 0.25) is 0 Å². The van der Waals surface area contributed by atoms with Crippen LogP contribution in [0.5, 0.6) is 0 Å². The topological polar surface area (TPSA) is 37.6 Å². The van der Waals surface area contributed by atoms with Crippen LogP contribution in [0, 0.1) is 0 Å². The lowest BCUT2D eigenvalue weighted by atomic mass is 9.93. The van der Waals surface area contributed by atoms with Crippen molar-refractivity contribution in [1.82, 2.24) is 0 Å². The van der Waals surface area contributed by atoms with Gasteiger partial charge < -0.3 is 14.2 Å². The molecule has 5 atom stereocenters. The van der Waals surface area contributed by atoms with Crippen molar-refractivity contribution < 1.29 is 14.2 Å². The zero-order valence-corrected chi connectivity index (χ0v) is 5.90. The van der Waals surface area contributed by atoms with Crippen molar-refractivity contribution in [2.24, 2.45) is 0 Å². The molecule has 11 heavy (non-hydrogen) atoms. The number of fused-ring (bicyclic) bond motifs is 3. The first-order valence-electron chi connectivity index (χ1n) is 4.04. The van der Waals surface area contributed by atoms with Crippen LogP contribution >= 0.6 is 0 Å². The van der Waals surface area contributed by atoms with Crippen LogP contribution in [0.15, 0.2) is 12.2 Å². The van der Waals surface area contributed by atoms with Crippen molar-refractivity contribution in [3.05, 3.63) is 12.2 Å². The van der Waals surface area contributed by atoms with Crippen LogP contribution in [-0.4, -0.2) is 36.6 Å². The number of hydrogen-bond acceptors (Lipinski definition) is 3. The van der Waals surface area contributed by atoms with Crippen molar-refractivity contribution in [1.29, 1.82) is 0 Å². The van der Waals surface area contributed by atoms with Gasteiger partial charge in [0.1, 0.15) is 30.0 Å². The summed E-state index contributed by atoms with van der Waals surface area (Å²) in [4.78, 5) is 0. The summed E-state index contributed by atoms with van der Waals surface area (Å²) in [6, 6.07) is 0. The minimum Gasteiger partial charge on any atom is -0.370 e. The monoisotopic (exact) mass is 152 g/mol. The van der Waals surface area contributed by atoms with Crippen molar-refractivity contribution in [3.8, 4) is 0 Å². The molecule has 0 aromatic rings. The van der Waals surface area contributed by atoms with E-state index in [0.717, 1.165) is 6.61 Å². The van der Waals surface area contributed by atoms with Crippen molar-refractivity contribution in [2.75, 3.05) is 6.61 Å². The van der Waals surface area contributed by atoms with Gasteiger partial charge in [-0.15, -0.1) is 0 Å². The fourth-order valence-corrected chi connectivity index (χ4v) is 2.10. The summed E-state index contributed by atoms with van der Waals surface area (Å²) in [6.45, 7) is 0.859. The molecule has 0 aromatic heterocycles. The van der Waals surface area contributed by atoms with Crippen LogP contribution in [-0.2, 0) is 14.2 Å². The Morgan fingerprint density at radius 2 is 2.36 bits per heavy atom. The van der Waals surface area contributed by atoms with Gasteiger partial charge in [-0.1, -0.05) is 6.08 Å². The van der Waals surface area contributed by atoms with E-state index in [2.05, 4.69) is 12.2 Å². The molecule has 4 aliphatic rings. The molecule has 0 bridgehead atoms. The van der Waals surface area contributed by atoms with Gasteiger partial charge in [0.05, 0.1) is 6.61 Å². The fourth-order valence-electron chi connectivity index (χ4n) is 2.10. The molecule has 58 valence electrons. The van der Waals surface area contributed by atoms with E-state index < -0.39 is 0 Å². The van der Waals surface area contributed by atoms with E-state index in [1.54, 1.807) is 0 Å². The van der Waals surface area contributed by atoms with E-state index in [1.807, 2.05) is 0 Å². The van der Waals surface area contributed by atoms with Crippen LogP contribution in [0.3, 0.4) is 0 Å². The minimum absolute atomic E-state index is 0.0579. The Kier molecular flexibility index (Phi) is 0.617. The second-order valence-electron chi connectivity index (χ2n) is 3.64. The lowest BCUT2D eigenvalue weighted by molar-refractivity contribution is 0.260. The average Bonchev–Trinajstić information content (AvgIpc) is 2.87. The summed E-state index contributed by atoms with van der Waals surface area (Å²) < 4.78 is 16.2. The Bertz CT molecular complexity index is 258. The number of ether oxygens (including phenoxy) is 3. The quantitative estimate of drug-likeness (QED) is 0.387. The average molecular weight is 152 g/mol. The van der Waals surface area contributed by atoms with E-state index in [1.165, 1.54) is 0 Å². The van der Waals surface area contributed by atoms with Gasteiger partial charge >= 0.3 is 0 Å². The van der Waals surface area contributed by atoms with E-state index in [9.17, 15) is 0 Å². The van der Waals surface area contributed by atoms with Crippen molar-refractivity contribution in [2.45, 2.75) is 30.0 Å². The van der Waals surface area contributed by atoms with Crippen LogP contribution in [0.1, 0.15) is 0 Å². The van der Waals surface area contributed by atoms with Crippen LogP contribution < -0.4 is 0 Å². The summed E-state index contributed by atoms with van der Waals surface area (Å²) >= 11 is 0. The van der Waals surface area contributed by atoms with Crippen LogP contribution in [0.4, 0.5) is 0 Å². The summed E-state index contributed by atoms with van der Waals surface area (Å²) in [6.07, 6.45) is 5.58. The minimum atomic E-state index is -0.0579. The van der Waals surface area contributed by atoms with E-state index >= 15 is 0 Å². The van der Waals surface area contributed by atoms with Crippen molar-refractivity contribution >= 4 is 0 Å². The van der Waals surface area contributed by atoms with Gasteiger partial charge in [0, 0.05) is 0 Å². The Balaban J connectivity index is 1.77. The maximum atomic E-state index is 5.61. The predicted molar refractivity (Wildman–Crippen MR) is 35.1 cm³/mol. The molecule has 0 radical (unpaired) electrons. The summed E-state index contributed by atoms with van der Waals surface area (Å²) in [7, 11) is 0. The number of rotatable bonds is 1. The van der Waals surface area contributed by atoms with E-state index in [-0.39, 0.29) is 5.60 Å². The zero-order chi connectivity index (χ0) is 7.05. The van der Waals surface area contributed by atoms with Gasteiger partial charge in [0.2, 0.25) is 0 Å². The molecule has 3 aliphatic heterocycles. The molecule has 3 fully saturated rings. The van der Waals surface area contributed by atoms with Gasteiger partial charge in [-0.25, -0.2) is 0 Å². The second kappa shape index (κ2) is 1.28. The van der Waals surface area contributed by atoms with Gasteiger partial charge in [-0.05, 0) is 6.08 Å². The second-order valence-corrected chi connectivity index (χ2v) is 3.64. The molecule has 1 aliphatic carbocycles. The highest BCUT2D eigenvalue weighted by atomic mass is 16.7. The van der Waals surface area contributed by atoms with Gasteiger partial charge in [-0.2, -0.15) is 0 Å². The first-order chi connectivity index (χ1) is 5.40. The molecule has 3 nitrogen and oxygen atoms in total. The molecule has 0 saturated carbocycles. The summed E-state index contributed by atoms with van der Waals surface area (Å²) in [5.41, 5.74) is -0.0579. The zero-order valence-electron chi connectivity index (χ0n) is 5.90. The highest BCUT2D eigenvalue weighted by Gasteiger charge is 2.73. The van der Waals surface area contributed by atoms with Crippen molar-refractivity contribution in [3.63, 3.8) is 0 Å². The van der Waals surface area contributed by atoms with E-state index in [4.69, 9.17) is 14.2 Å². The predicted octanol–water partition coefficient (Wildman–Crippen LogP) is -0.140. The molecule has 5 unspecified atom stereocenters. The Morgan fingerprint density at radius 3 is 3.18 bits per heavy atom. The van der Waals surface area contributed by atoms with Crippen LogP contribution in [0.25, 0.3) is 0 Å². The molecule has 0 N–H and O–H groups in total. The molecule has 0 aromatic carbocycles. The SMILES string of the molecule is C1=CC2(C3CO3)OC2C2OC12. The Labute approximate surface area is 63.9 Å². The molecule has 4 rings (SSSR count). The third-order valence-corrected chi connectivity index (χ3v) is 2.96. The first kappa shape index (κ1) is 5.30. The highest BCUT2D eigenvalue weighted by molar-refractivity contribution is 5.34. The lowest BCUT2D eigenvalue weighted by Crippen LogP contribution is -2.26. The normalized spacial score (nSPS) is 68.4. The third-order valence-electron chi connectivity index (χ3n) is 2.96. The molecular weight excluding hydrogens is 144 g/mol. The highest BCUT2D eigenvalue weighted by Crippen LogP contribution is 2.56. The molecule has 3 heteroatoms. The molecular formula is C8H8O3. The third kappa shape index (κ3) is 0.494. The summed E-state index contributed by atoms with van der Waals surface area (Å²) in [5, 5.41) is 0. The Hall–Kier alpha value is -0.380. The van der Waals surface area contributed by atoms with Gasteiger partial charge in [-0.3, -0.25) is 0 Å². The molecule has 0 amide bonds. The molecule has 3 heterocycles. The number of epoxide rings is 3. The molecule has 3 saturated heterocycles. The summed E-state index contributed by atoms with van der Waals surface area (Å²) in [5.74, 6) is 0. The smallest absolute Gasteiger partial charge is 0.144 e. The maximum Gasteiger partial charge on any atom is 0.144 e. The number of hydrogen-bond donors (Lipinski definition) is 0. The maximum absolute atomic E-state index is 5.61.